The van der Waals surface area contributed by atoms with E-state index in [1.54, 1.807) is 0 Å². The lowest BCUT2D eigenvalue weighted by atomic mass is 10.0. The molecule has 0 aliphatic carbocycles. The Balaban J connectivity index is 2.76. The van der Waals surface area contributed by atoms with Crippen LogP contribution >= 0.6 is 0 Å². The van der Waals surface area contributed by atoms with Crippen molar-refractivity contribution in [1.29, 1.82) is 0 Å². The molecule has 0 saturated carbocycles. The lowest BCUT2D eigenvalue weighted by Crippen LogP contribution is -2.15. The molecule has 16 heavy (non-hydrogen) atoms. The number of hydrogen-bond acceptors (Lipinski definition) is 2. The van der Waals surface area contributed by atoms with Crippen molar-refractivity contribution in [3.63, 3.8) is 0 Å². The fraction of sp³-hybridized carbons (Fsp3) is 0.500. The summed E-state index contributed by atoms with van der Waals surface area (Å²) in [5.41, 5.74) is 1.84. The van der Waals surface area contributed by atoms with Gasteiger partial charge in [0.1, 0.15) is 0 Å². The summed E-state index contributed by atoms with van der Waals surface area (Å²) < 4.78 is 25.6. The molecular weight excluding hydrogens is 222 g/mol. The molecule has 0 spiro atoms. The minimum atomic E-state index is -3.17. The van der Waals surface area contributed by atoms with Crippen LogP contribution < -0.4 is 4.72 Å². The first kappa shape index (κ1) is 13.0. The third kappa shape index (κ3) is 3.85. The van der Waals surface area contributed by atoms with Crippen LogP contribution in [-0.2, 0) is 10.0 Å². The smallest absolute Gasteiger partial charge is 0.232 e. The van der Waals surface area contributed by atoms with Gasteiger partial charge in [-0.3, -0.25) is 4.72 Å². The lowest BCUT2D eigenvalue weighted by molar-refractivity contribution is 0.600. The molecule has 0 heterocycles. The van der Waals surface area contributed by atoms with Gasteiger partial charge in [-0.05, 0) is 30.0 Å². The molecule has 1 aromatic rings. The van der Waals surface area contributed by atoms with Gasteiger partial charge >= 0.3 is 0 Å². The molecule has 0 unspecified atom stereocenters. The van der Waals surface area contributed by atoms with Crippen LogP contribution in [0.3, 0.4) is 0 Å². The minimum absolute atomic E-state index is 0.166. The standard InChI is InChI=1S/C12H19NO2S/c1-4-9-16(14,15)13-12-7-5-11(6-8-12)10(2)3/h5-8,10,13H,4,9H2,1-3H3. The molecule has 0 amide bonds. The third-order valence-electron chi connectivity index (χ3n) is 2.32. The molecule has 90 valence electrons. The number of sulfonamides is 1. The van der Waals surface area contributed by atoms with Crippen molar-refractivity contribution in [2.24, 2.45) is 0 Å². The van der Waals surface area contributed by atoms with Crippen molar-refractivity contribution in [1.82, 2.24) is 0 Å². The molecule has 0 aromatic heterocycles. The van der Waals surface area contributed by atoms with E-state index in [2.05, 4.69) is 18.6 Å². The third-order valence-corrected chi connectivity index (χ3v) is 3.82. The molecule has 0 saturated heterocycles. The highest BCUT2D eigenvalue weighted by Gasteiger charge is 2.08. The molecule has 1 rings (SSSR count). The van der Waals surface area contributed by atoms with E-state index >= 15 is 0 Å². The summed E-state index contributed by atoms with van der Waals surface area (Å²) in [6.07, 6.45) is 0.624. The van der Waals surface area contributed by atoms with Gasteiger partial charge in [-0.15, -0.1) is 0 Å². The summed E-state index contributed by atoms with van der Waals surface area (Å²) in [6, 6.07) is 7.52. The molecule has 0 radical (unpaired) electrons. The minimum Gasteiger partial charge on any atom is -0.284 e. The van der Waals surface area contributed by atoms with E-state index < -0.39 is 10.0 Å². The summed E-state index contributed by atoms with van der Waals surface area (Å²) in [6.45, 7) is 6.06. The molecule has 0 aliphatic heterocycles. The van der Waals surface area contributed by atoms with Gasteiger partial charge in [-0.2, -0.15) is 0 Å². The second kappa shape index (κ2) is 5.34. The maximum absolute atomic E-state index is 11.5. The maximum atomic E-state index is 11.5. The van der Waals surface area contributed by atoms with E-state index in [4.69, 9.17) is 0 Å². The molecule has 0 atom stereocenters. The van der Waals surface area contributed by atoms with Crippen molar-refractivity contribution < 1.29 is 8.42 Å². The van der Waals surface area contributed by atoms with E-state index in [1.807, 2.05) is 31.2 Å². The van der Waals surface area contributed by atoms with E-state index in [-0.39, 0.29) is 5.75 Å². The van der Waals surface area contributed by atoms with E-state index in [0.717, 1.165) is 0 Å². The zero-order chi connectivity index (χ0) is 12.2. The van der Waals surface area contributed by atoms with Crippen molar-refractivity contribution in [3.05, 3.63) is 29.8 Å². The molecular formula is C12H19NO2S. The predicted octanol–water partition coefficient (Wildman–Crippen LogP) is 2.96. The fourth-order valence-corrected chi connectivity index (χ4v) is 2.57. The summed E-state index contributed by atoms with van der Waals surface area (Å²) in [4.78, 5) is 0. The number of nitrogens with one attached hydrogen (secondary N) is 1. The van der Waals surface area contributed by atoms with Gasteiger partial charge in [0.25, 0.3) is 0 Å². The first-order valence-electron chi connectivity index (χ1n) is 5.55. The number of rotatable bonds is 5. The zero-order valence-electron chi connectivity index (χ0n) is 10.0. The topological polar surface area (TPSA) is 46.2 Å². The van der Waals surface area contributed by atoms with Crippen LogP contribution in [0.25, 0.3) is 0 Å². The Morgan fingerprint density at radius 1 is 1.19 bits per heavy atom. The van der Waals surface area contributed by atoms with Crippen LogP contribution in [-0.4, -0.2) is 14.2 Å². The summed E-state index contributed by atoms with van der Waals surface area (Å²) >= 11 is 0. The average molecular weight is 241 g/mol. The molecule has 0 fully saturated rings. The highest BCUT2D eigenvalue weighted by molar-refractivity contribution is 7.92. The van der Waals surface area contributed by atoms with Crippen LogP contribution in [0.1, 0.15) is 38.7 Å². The van der Waals surface area contributed by atoms with Crippen molar-refractivity contribution in [2.75, 3.05) is 10.5 Å². The van der Waals surface area contributed by atoms with Gasteiger partial charge in [-0.25, -0.2) is 8.42 Å². The van der Waals surface area contributed by atoms with E-state index in [0.29, 0.717) is 18.0 Å². The van der Waals surface area contributed by atoms with Crippen molar-refractivity contribution in [2.45, 2.75) is 33.1 Å². The van der Waals surface area contributed by atoms with Gasteiger partial charge in [0, 0.05) is 5.69 Å². The Kier molecular flexibility index (Phi) is 4.35. The van der Waals surface area contributed by atoms with Gasteiger partial charge < -0.3 is 0 Å². The van der Waals surface area contributed by atoms with Gasteiger partial charge in [-0.1, -0.05) is 32.9 Å². The van der Waals surface area contributed by atoms with Crippen molar-refractivity contribution in [3.8, 4) is 0 Å². The summed E-state index contributed by atoms with van der Waals surface area (Å²) in [7, 11) is -3.17. The van der Waals surface area contributed by atoms with Gasteiger partial charge in [0.05, 0.1) is 5.75 Å². The largest absolute Gasteiger partial charge is 0.284 e. The Labute approximate surface area is 97.9 Å². The van der Waals surface area contributed by atoms with Crippen LogP contribution in [0.15, 0.2) is 24.3 Å². The van der Waals surface area contributed by atoms with Gasteiger partial charge in [0.15, 0.2) is 0 Å². The fourth-order valence-electron chi connectivity index (χ4n) is 1.44. The van der Waals surface area contributed by atoms with E-state index in [9.17, 15) is 8.42 Å². The SMILES string of the molecule is CCCS(=O)(=O)Nc1ccc(C(C)C)cc1. The molecule has 0 bridgehead atoms. The Bertz CT molecular complexity index is 421. The Morgan fingerprint density at radius 3 is 2.19 bits per heavy atom. The highest BCUT2D eigenvalue weighted by Crippen LogP contribution is 2.17. The molecule has 3 nitrogen and oxygen atoms in total. The Morgan fingerprint density at radius 2 is 1.75 bits per heavy atom. The predicted molar refractivity (Wildman–Crippen MR) is 68.2 cm³/mol. The van der Waals surface area contributed by atoms with E-state index in [1.165, 1.54) is 5.56 Å². The number of benzene rings is 1. The quantitative estimate of drug-likeness (QED) is 0.861. The van der Waals surface area contributed by atoms with Crippen molar-refractivity contribution >= 4 is 15.7 Å². The number of hydrogen-bond donors (Lipinski definition) is 1. The molecule has 1 N–H and O–H groups in total. The maximum Gasteiger partial charge on any atom is 0.232 e. The first-order chi connectivity index (χ1) is 7.44. The van der Waals surface area contributed by atoms with Crippen LogP contribution in [0.4, 0.5) is 5.69 Å². The highest BCUT2D eigenvalue weighted by atomic mass is 32.2. The Hall–Kier alpha value is -1.03. The molecule has 1 aromatic carbocycles. The average Bonchev–Trinajstić information content (AvgIpc) is 2.17. The van der Waals surface area contributed by atoms with Crippen LogP contribution in [0, 0.1) is 0 Å². The second-order valence-electron chi connectivity index (χ2n) is 4.20. The normalized spacial score (nSPS) is 11.8. The van der Waals surface area contributed by atoms with Gasteiger partial charge in [0.2, 0.25) is 10.0 Å². The molecule has 4 heteroatoms. The second-order valence-corrected chi connectivity index (χ2v) is 6.04. The summed E-state index contributed by atoms with van der Waals surface area (Å²) in [5.74, 6) is 0.625. The lowest BCUT2D eigenvalue weighted by Gasteiger charge is -2.09. The monoisotopic (exact) mass is 241 g/mol. The number of anilines is 1. The zero-order valence-corrected chi connectivity index (χ0v) is 10.8. The molecule has 0 aliphatic rings. The van der Waals surface area contributed by atoms with Crippen LogP contribution in [0.2, 0.25) is 0 Å². The first-order valence-corrected chi connectivity index (χ1v) is 7.20. The van der Waals surface area contributed by atoms with Crippen LogP contribution in [0.5, 0.6) is 0 Å². The summed E-state index contributed by atoms with van der Waals surface area (Å²) in [5, 5.41) is 0.